The molecule has 2 aromatic rings. The number of methoxy groups -OCH3 is 1. The summed E-state index contributed by atoms with van der Waals surface area (Å²) in [6.07, 6.45) is 0.0746. The van der Waals surface area contributed by atoms with Gasteiger partial charge in [-0.15, -0.1) is 33.3 Å². The van der Waals surface area contributed by atoms with E-state index >= 15 is 0 Å². The number of fused-ring (bicyclic) bond motifs is 1. The molecule has 33 heavy (non-hydrogen) atoms. The number of hydrogen-bond donors (Lipinski definition) is 3. The van der Waals surface area contributed by atoms with Crippen molar-refractivity contribution < 1.29 is 24.2 Å². The fourth-order valence-electron chi connectivity index (χ4n) is 3.58. The molecule has 176 valence electrons. The third-order valence-corrected chi connectivity index (χ3v) is 9.63. The summed E-state index contributed by atoms with van der Waals surface area (Å²) >= 11 is 5.60. The molecule has 4 N–H and O–H groups in total. The molecule has 2 aromatic heterocycles. The summed E-state index contributed by atoms with van der Waals surface area (Å²) < 4.78 is 6.22. The van der Waals surface area contributed by atoms with Crippen LogP contribution in [0.3, 0.4) is 0 Å². The molecule has 2 aliphatic rings. The molecule has 0 aliphatic carbocycles. The smallest absolute Gasteiger partial charge is 0.352 e. The van der Waals surface area contributed by atoms with E-state index in [0.717, 1.165) is 19.1 Å². The zero-order chi connectivity index (χ0) is 23.8. The van der Waals surface area contributed by atoms with Gasteiger partial charge in [-0.05, 0) is 24.6 Å². The van der Waals surface area contributed by atoms with Crippen LogP contribution in [-0.4, -0.2) is 67.7 Å². The normalized spacial score (nSPS) is 22.2. The summed E-state index contributed by atoms with van der Waals surface area (Å²) in [5.74, 6) is -1.43. The molecule has 2 atom stereocenters. The van der Waals surface area contributed by atoms with Crippen LogP contribution in [0.1, 0.15) is 14.8 Å². The fourth-order valence-corrected chi connectivity index (χ4v) is 7.87. The van der Waals surface area contributed by atoms with E-state index < -0.39 is 23.0 Å². The molecule has 0 radical (unpaired) electrons. The average molecular weight is 528 g/mol. The van der Waals surface area contributed by atoms with Crippen LogP contribution < -0.4 is 11.1 Å². The highest BCUT2D eigenvalue weighted by molar-refractivity contribution is 8.01. The highest BCUT2D eigenvalue weighted by Gasteiger charge is 2.66. The third kappa shape index (κ3) is 4.55. The molecule has 0 saturated carbocycles. The van der Waals surface area contributed by atoms with Crippen LogP contribution in [0.2, 0.25) is 0 Å². The highest BCUT2D eigenvalue weighted by Crippen LogP contribution is 2.47. The van der Waals surface area contributed by atoms with Gasteiger partial charge in [0.2, 0.25) is 5.91 Å². The number of rotatable bonds is 9. The quantitative estimate of drug-likeness (QED) is 0.248. The molecular weight excluding hydrogens is 507 g/mol. The summed E-state index contributed by atoms with van der Waals surface area (Å²) in [5.41, 5.74) is 4.56. The van der Waals surface area contributed by atoms with Crippen molar-refractivity contribution in [2.24, 2.45) is 5.73 Å². The Morgan fingerprint density at radius 3 is 2.73 bits per heavy atom. The van der Waals surface area contributed by atoms with Gasteiger partial charge in [0.05, 0.1) is 6.42 Å². The Balaban J connectivity index is 1.50. The minimum Gasteiger partial charge on any atom is -0.477 e. The number of thioether (sulfide) groups is 2. The van der Waals surface area contributed by atoms with Crippen LogP contribution in [0.25, 0.3) is 0 Å². The maximum Gasteiger partial charge on any atom is 0.352 e. The molecule has 0 aromatic carbocycles. The van der Waals surface area contributed by atoms with E-state index in [1.165, 1.54) is 58.2 Å². The first kappa shape index (κ1) is 24.2. The van der Waals surface area contributed by atoms with E-state index in [1.54, 1.807) is 0 Å². The fraction of sp³-hybridized carbons (Fsp3) is 0.421. The van der Waals surface area contributed by atoms with Gasteiger partial charge >= 0.3 is 5.97 Å². The van der Waals surface area contributed by atoms with E-state index in [0.29, 0.717) is 23.6 Å². The standard InChI is InChI=1S/C19H21N5O5S4/c1-9-22-23-18(32-9)31-8-10-7-30-17-19(29-2,16(28)24(17)14(10)15(26)27)21-13(25)5-11-3-4-12(6-20)33-11/h3-4,17H,5-8,20H2,1-2H3,(H,21,25)(H,26,27)/t17-,19+/m1/s1. The summed E-state index contributed by atoms with van der Waals surface area (Å²) in [5, 5.41) is 20.7. The van der Waals surface area contributed by atoms with Gasteiger partial charge in [0.1, 0.15) is 16.1 Å². The SMILES string of the molecule is CO[C@@]1(NC(=O)Cc2ccc(CN)s2)C(=O)N2C(C(=O)O)=C(CSc3nnc(C)s3)CS[C@@H]21. The molecule has 0 unspecified atom stereocenters. The Labute approximate surface area is 206 Å². The lowest BCUT2D eigenvalue weighted by Gasteiger charge is -2.55. The first-order valence-electron chi connectivity index (χ1n) is 9.76. The largest absolute Gasteiger partial charge is 0.477 e. The van der Waals surface area contributed by atoms with Gasteiger partial charge in [0.25, 0.3) is 11.6 Å². The molecule has 1 fully saturated rings. The van der Waals surface area contributed by atoms with Crippen LogP contribution >= 0.6 is 46.2 Å². The van der Waals surface area contributed by atoms with Crippen LogP contribution in [-0.2, 0) is 32.1 Å². The molecule has 4 heterocycles. The second-order valence-corrected chi connectivity index (χ2v) is 11.9. The maximum atomic E-state index is 13.2. The lowest BCUT2D eigenvalue weighted by Crippen LogP contribution is -2.80. The molecule has 0 spiro atoms. The van der Waals surface area contributed by atoms with E-state index in [9.17, 15) is 19.5 Å². The summed E-state index contributed by atoms with van der Waals surface area (Å²) in [4.78, 5) is 40.9. The number of thiophene rings is 1. The predicted octanol–water partition coefficient (Wildman–Crippen LogP) is 1.41. The summed E-state index contributed by atoms with van der Waals surface area (Å²) in [7, 11) is 1.33. The monoisotopic (exact) mass is 527 g/mol. The third-order valence-electron chi connectivity index (χ3n) is 5.09. The number of hydrogen-bond acceptors (Lipinski definition) is 11. The Kier molecular flexibility index (Phi) is 7.12. The number of aryl methyl sites for hydroxylation is 1. The van der Waals surface area contributed by atoms with Crippen molar-refractivity contribution in [2.45, 2.75) is 35.3 Å². The van der Waals surface area contributed by atoms with Gasteiger partial charge in [0, 0.05) is 34.9 Å². The number of carbonyl (C=O) groups is 3. The Morgan fingerprint density at radius 2 is 2.12 bits per heavy atom. The van der Waals surface area contributed by atoms with Crippen LogP contribution in [0.5, 0.6) is 0 Å². The number of carbonyl (C=O) groups excluding carboxylic acids is 2. The Morgan fingerprint density at radius 1 is 1.36 bits per heavy atom. The molecule has 10 nitrogen and oxygen atoms in total. The Hall–Kier alpha value is -1.97. The zero-order valence-electron chi connectivity index (χ0n) is 17.7. The van der Waals surface area contributed by atoms with Crippen LogP contribution in [0.15, 0.2) is 27.7 Å². The van der Waals surface area contributed by atoms with Gasteiger partial charge in [-0.1, -0.05) is 23.1 Å². The van der Waals surface area contributed by atoms with Crippen molar-refractivity contribution in [3.05, 3.63) is 38.2 Å². The van der Waals surface area contributed by atoms with Gasteiger partial charge in [-0.3, -0.25) is 14.5 Å². The number of ether oxygens (including phenoxy) is 1. The number of aliphatic carboxylic acids is 1. The molecule has 14 heteroatoms. The van der Waals surface area contributed by atoms with Crippen molar-refractivity contribution in [1.29, 1.82) is 0 Å². The number of amides is 2. The van der Waals surface area contributed by atoms with E-state index in [1.807, 2.05) is 19.1 Å². The first-order valence-corrected chi connectivity index (χ1v) is 13.4. The highest BCUT2D eigenvalue weighted by atomic mass is 32.2. The maximum absolute atomic E-state index is 13.2. The number of aromatic nitrogens is 2. The zero-order valence-corrected chi connectivity index (χ0v) is 21.0. The molecule has 0 bridgehead atoms. The number of nitrogens with one attached hydrogen (secondary N) is 1. The second kappa shape index (κ2) is 9.72. The minimum absolute atomic E-state index is 0.0646. The predicted molar refractivity (Wildman–Crippen MR) is 127 cm³/mol. The molecular formula is C19H21N5O5S4. The van der Waals surface area contributed by atoms with Gasteiger partial charge in [0.15, 0.2) is 4.34 Å². The minimum atomic E-state index is -1.61. The van der Waals surface area contributed by atoms with E-state index in [2.05, 4.69) is 15.5 Å². The van der Waals surface area contributed by atoms with Crippen LogP contribution in [0, 0.1) is 6.92 Å². The first-order chi connectivity index (χ1) is 15.8. The number of nitrogens with two attached hydrogens (primary N) is 1. The molecule has 1 saturated heterocycles. The molecule has 4 rings (SSSR count). The summed E-state index contributed by atoms with van der Waals surface area (Å²) in [6, 6.07) is 3.68. The van der Waals surface area contributed by atoms with Crippen molar-refractivity contribution in [3.63, 3.8) is 0 Å². The Bertz CT molecular complexity index is 1130. The van der Waals surface area contributed by atoms with Gasteiger partial charge in [-0.2, -0.15) is 0 Å². The van der Waals surface area contributed by atoms with Crippen molar-refractivity contribution >= 4 is 64.0 Å². The molecule has 2 amide bonds. The lowest BCUT2D eigenvalue weighted by atomic mass is 9.98. The topological polar surface area (TPSA) is 148 Å². The van der Waals surface area contributed by atoms with E-state index in [4.69, 9.17) is 10.5 Å². The number of carboxylic acid groups (broad SMARTS) is 1. The van der Waals surface area contributed by atoms with Crippen molar-refractivity contribution in [1.82, 2.24) is 20.4 Å². The second-order valence-electron chi connectivity index (χ2n) is 7.21. The van der Waals surface area contributed by atoms with Gasteiger partial charge < -0.3 is 20.9 Å². The summed E-state index contributed by atoms with van der Waals surface area (Å²) in [6.45, 7) is 2.24. The lowest BCUT2D eigenvalue weighted by molar-refractivity contribution is -0.192. The van der Waals surface area contributed by atoms with Gasteiger partial charge in [-0.25, -0.2) is 4.79 Å². The van der Waals surface area contributed by atoms with E-state index in [-0.39, 0.29) is 18.0 Å². The van der Waals surface area contributed by atoms with Crippen molar-refractivity contribution in [3.8, 4) is 0 Å². The number of nitrogens with zero attached hydrogens (tertiary/aromatic N) is 3. The average Bonchev–Trinajstić information content (AvgIpc) is 3.43. The number of carboxylic acids is 1. The molecule has 2 aliphatic heterocycles. The van der Waals surface area contributed by atoms with Crippen LogP contribution in [0.4, 0.5) is 0 Å². The van der Waals surface area contributed by atoms with Crippen molar-refractivity contribution in [2.75, 3.05) is 18.6 Å². The number of β-lactam (4-membered cyclic amide) rings is 1.